The third-order valence-electron chi connectivity index (χ3n) is 3.10. The number of rotatable bonds is 2. The second kappa shape index (κ2) is 5.55. The van der Waals surface area contributed by atoms with Crippen LogP contribution in [0.15, 0.2) is 32.6 Å². The molecule has 2 aromatic heterocycles. The summed E-state index contributed by atoms with van der Waals surface area (Å²) in [5, 5.41) is 9.18. The van der Waals surface area contributed by atoms with Gasteiger partial charge in [0.25, 0.3) is 11.3 Å². The third-order valence-corrected chi connectivity index (χ3v) is 3.66. The molecule has 0 aliphatic heterocycles. The Morgan fingerprint density at radius 1 is 1.32 bits per heavy atom. The van der Waals surface area contributed by atoms with Gasteiger partial charge in [0.05, 0.1) is 16.9 Å². The molecule has 0 bridgehead atoms. The van der Waals surface area contributed by atoms with E-state index in [2.05, 4.69) is 15.2 Å². The number of aryl methyl sites for hydroxylation is 2. The maximum Gasteiger partial charge on any atom is 0.287 e. The lowest BCUT2D eigenvalue weighted by Crippen LogP contribution is -2.20. The van der Waals surface area contributed by atoms with E-state index in [1.807, 2.05) is 0 Å². The van der Waals surface area contributed by atoms with Gasteiger partial charge >= 0.3 is 0 Å². The average Bonchev–Trinajstić information content (AvgIpc) is 2.81. The highest BCUT2D eigenvalue weighted by atomic mass is 35.5. The van der Waals surface area contributed by atoms with Crippen LogP contribution in [0, 0.1) is 13.8 Å². The van der Waals surface area contributed by atoms with Gasteiger partial charge in [-0.1, -0.05) is 34.4 Å². The molecule has 112 valence electrons. The van der Waals surface area contributed by atoms with Gasteiger partial charge in [-0.05, 0) is 26.0 Å². The van der Waals surface area contributed by atoms with Crippen molar-refractivity contribution in [1.82, 2.24) is 14.8 Å². The van der Waals surface area contributed by atoms with E-state index in [4.69, 9.17) is 27.7 Å². The van der Waals surface area contributed by atoms with Crippen LogP contribution in [-0.2, 0) is 0 Å². The van der Waals surface area contributed by atoms with E-state index in [0.717, 1.165) is 0 Å². The first-order valence-corrected chi connectivity index (χ1v) is 7.08. The molecule has 0 unspecified atom stereocenters. The van der Waals surface area contributed by atoms with Gasteiger partial charge in [-0.25, -0.2) is 0 Å². The summed E-state index contributed by atoms with van der Waals surface area (Å²) in [6.07, 6.45) is 1.48. The molecule has 0 aliphatic rings. The summed E-state index contributed by atoms with van der Waals surface area (Å²) in [6, 6.07) is 5.01. The molecule has 0 spiro atoms. The molecule has 0 aliphatic carbocycles. The largest absolute Gasteiger partial charge is 0.335 e. The number of fused-ring (bicyclic) bond motifs is 1. The Balaban J connectivity index is 2.12. The zero-order valence-electron chi connectivity index (χ0n) is 11.7. The summed E-state index contributed by atoms with van der Waals surface area (Å²) in [7, 11) is 0. The van der Waals surface area contributed by atoms with Crippen molar-refractivity contribution in [3.8, 4) is 0 Å². The van der Waals surface area contributed by atoms with Gasteiger partial charge in [0.2, 0.25) is 0 Å². The van der Waals surface area contributed by atoms with Crippen molar-refractivity contribution in [2.75, 3.05) is 0 Å². The highest BCUT2D eigenvalue weighted by Crippen LogP contribution is 2.19. The first-order chi connectivity index (χ1) is 10.5. The van der Waals surface area contributed by atoms with Crippen molar-refractivity contribution in [3.63, 3.8) is 0 Å². The fraction of sp³-hybridized carbons (Fsp3) is 0.143. The predicted octanol–water partition coefficient (Wildman–Crippen LogP) is 3.19. The molecule has 6 nitrogen and oxygen atoms in total. The molecule has 0 amide bonds. The lowest BCUT2D eigenvalue weighted by Gasteiger charge is -2.03. The molecule has 0 saturated carbocycles. The van der Waals surface area contributed by atoms with Gasteiger partial charge in [0.15, 0.2) is 0 Å². The number of aromatic nitrogens is 3. The quantitative estimate of drug-likeness (QED) is 0.673. The maximum atomic E-state index is 12.4. The van der Waals surface area contributed by atoms with Gasteiger partial charge in [0, 0.05) is 10.6 Å². The second-order valence-corrected chi connectivity index (χ2v) is 5.48. The van der Waals surface area contributed by atoms with Gasteiger partial charge in [0.1, 0.15) is 11.2 Å². The fourth-order valence-corrected chi connectivity index (χ4v) is 2.45. The standard InChI is InChI=1S/C14H10Cl2N4O2/c1-7-12-13(22-19-7)18-8(2)20(14(12)21)17-6-9-3-4-10(15)5-11(9)16/h3-6H,1-2H3/b17-6+. The monoisotopic (exact) mass is 336 g/mol. The lowest BCUT2D eigenvalue weighted by atomic mass is 10.2. The molecule has 0 radical (unpaired) electrons. The van der Waals surface area contributed by atoms with E-state index in [1.165, 1.54) is 10.9 Å². The summed E-state index contributed by atoms with van der Waals surface area (Å²) in [6.45, 7) is 3.33. The molecule has 2 heterocycles. The van der Waals surface area contributed by atoms with E-state index in [0.29, 0.717) is 32.5 Å². The smallest absolute Gasteiger partial charge is 0.287 e. The van der Waals surface area contributed by atoms with Crippen molar-refractivity contribution in [3.05, 3.63) is 55.7 Å². The summed E-state index contributed by atoms with van der Waals surface area (Å²) >= 11 is 11.9. The van der Waals surface area contributed by atoms with Crippen molar-refractivity contribution >= 4 is 40.5 Å². The first kappa shape index (κ1) is 14.7. The molecule has 0 N–H and O–H groups in total. The average molecular weight is 337 g/mol. The van der Waals surface area contributed by atoms with Crippen LogP contribution < -0.4 is 5.56 Å². The van der Waals surface area contributed by atoms with Crippen LogP contribution in [-0.4, -0.2) is 21.0 Å². The molecule has 0 atom stereocenters. The van der Waals surface area contributed by atoms with Crippen LogP contribution in [0.25, 0.3) is 11.1 Å². The minimum absolute atomic E-state index is 0.205. The number of nitrogens with zero attached hydrogens (tertiary/aromatic N) is 4. The Kier molecular flexibility index (Phi) is 3.72. The van der Waals surface area contributed by atoms with Crippen LogP contribution in [0.4, 0.5) is 0 Å². The Morgan fingerprint density at radius 2 is 2.09 bits per heavy atom. The Hall–Kier alpha value is -2.18. The van der Waals surface area contributed by atoms with Crippen molar-refractivity contribution in [1.29, 1.82) is 0 Å². The van der Waals surface area contributed by atoms with Gasteiger partial charge in [-0.2, -0.15) is 14.8 Å². The number of hydrogen-bond donors (Lipinski definition) is 0. The van der Waals surface area contributed by atoms with Crippen LogP contribution in [0.2, 0.25) is 10.0 Å². The fourth-order valence-electron chi connectivity index (χ4n) is 1.99. The van der Waals surface area contributed by atoms with E-state index >= 15 is 0 Å². The Morgan fingerprint density at radius 3 is 2.82 bits per heavy atom. The normalized spacial score (nSPS) is 11.6. The minimum Gasteiger partial charge on any atom is -0.335 e. The van der Waals surface area contributed by atoms with E-state index < -0.39 is 0 Å². The van der Waals surface area contributed by atoms with E-state index in [1.54, 1.807) is 32.0 Å². The lowest BCUT2D eigenvalue weighted by molar-refractivity contribution is 0.441. The first-order valence-electron chi connectivity index (χ1n) is 6.32. The summed E-state index contributed by atoms with van der Waals surface area (Å²) in [4.78, 5) is 16.6. The van der Waals surface area contributed by atoms with Crippen molar-refractivity contribution in [2.24, 2.45) is 5.10 Å². The zero-order valence-corrected chi connectivity index (χ0v) is 13.2. The molecule has 0 saturated heterocycles. The van der Waals surface area contributed by atoms with Crippen molar-refractivity contribution in [2.45, 2.75) is 13.8 Å². The molecular weight excluding hydrogens is 327 g/mol. The summed E-state index contributed by atoms with van der Waals surface area (Å²) in [5.41, 5.74) is 0.971. The zero-order chi connectivity index (χ0) is 15.9. The molecule has 22 heavy (non-hydrogen) atoms. The SMILES string of the molecule is Cc1noc2nc(C)n(/N=C/c3ccc(Cl)cc3Cl)c(=O)c12. The number of halogens is 2. The highest BCUT2D eigenvalue weighted by Gasteiger charge is 2.14. The maximum absolute atomic E-state index is 12.4. The predicted molar refractivity (Wildman–Crippen MR) is 85.0 cm³/mol. The summed E-state index contributed by atoms with van der Waals surface area (Å²) in [5.74, 6) is 0.384. The van der Waals surface area contributed by atoms with Crippen molar-refractivity contribution < 1.29 is 4.52 Å². The minimum atomic E-state index is -0.345. The van der Waals surface area contributed by atoms with Gasteiger partial charge in [-0.15, -0.1) is 0 Å². The molecule has 0 fully saturated rings. The summed E-state index contributed by atoms with van der Waals surface area (Å²) < 4.78 is 6.18. The third kappa shape index (κ3) is 2.51. The second-order valence-electron chi connectivity index (χ2n) is 4.63. The Bertz CT molecular complexity index is 959. The van der Waals surface area contributed by atoms with E-state index in [-0.39, 0.29) is 11.3 Å². The molecule has 8 heteroatoms. The van der Waals surface area contributed by atoms with E-state index in [9.17, 15) is 4.79 Å². The van der Waals surface area contributed by atoms with Crippen LogP contribution in [0.3, 0.4) is 0 Å². The van der Waals surface area contributed by atoms with Crippen LogP contribution in [0.5, 0.6) is 0 Å². The van der Waals surface area contributed by atoms with Gasteiger partial charge in [-0.3, -0.25) is 4.79 Å². The topological polar surface area (TPSA) is 73.3 Å². The van der Waals surface area contributed by atoms with Crippen LogP contribution in [0.1, 0.15) is 17.1 Å². The molecule has 3 aromatic rings. The Labute approximate surface area is 135 Å². The highest BCUT2D eigenvalue weighted by molar-refractivity contribution is 6.36. The van der Waals surface area contributed by atoms with Gasteiger partial charge < -0.3 is 4.52 Å². The molecule has 1 aromatic carbocycles. The van der Waals surface area contributed by atoms with Crippen LogP contribution >= 0.6 is 23.2 Å². The number of hydrogen-bond acceptors (Lipinski definition) is 5. The molecule has 3 rings (SSSR count). The molecular formula is C14H10Cl2N4O2. The number of benzene rings is 1.